The number of carbonyl (C=O) groups is 2. The Morgan fingerprint density at radius 2 is 1.55 bits per heavy atom. The van der Waals surface area contributed by atoms with Gasteiger partial charge in [-0.15, -0.1) is 0 Å². The highest BCUT2D eigenvalue weighted by atomic mass is 19.1. The highest BCUT2D eigenvalue weighted by Crippen LogP contribution is 2.50. The standard InChI is InChI=1S/C32H33FN2O3/c1-38-18-6-17-35-26-9-4-11-28(36)31(26)30(32-27(35)10-5-12-29(32)37)24-20-34(25-8-3-2-7-23(24)25)19-21-13-15-22(33)16-14-21/h2-3,7-8,13-16,20,30H,4-6,9-12,17-19H2,1H3. The Morgan fingerprint density at radius 1 is 0.895 bits per heavy atom. The Hall–Kier alpha value is -3.51. The fourth-order valence-corrected chi connectivity index (χ4v) is 6.59. The smallest absolute Gasteiger partial charge is 0.161 e. The van der Waals surface area contributed by atoms with Gasteiger partial charge in [0.05, 0.1) is 0 Å². The number of ether oxygens (including phenoxy) is 1. The summed E-state index contributed by atoms with van der Waals surface area (Å²) in [7, 11) is 1.71. The van der Waals surface area contributed by atoms with Crippen molar-refractivity contribution < 1.29 is 18.7 Å². The van der Waals surface area contributed by atoms with Crippen LogP contribution in [-0.2, 0) is 20.9 Å². The highest BCUT2D eigenvalue weighted by Gasteiger charge is 2.44. The minimum atomic E-state index is -0.348. The first-order valence-electron chi connectivity index (χ1n) is 13.7. The zero-order valence-electron chi connectivity index (χ0n) is 21.8. The van der Waals surface area contributed by atoms with Crippen molar-refractivity contribution in [2.45, 2.75) is 57.4 Å². The molecule has 1 aliphatic heterocycles. The van der Waals surface area contributed by atoms with Crippen LogP contribution in [0.1, 0.15) is 62.0 Å². The van der Waals surface area contributed by atoms with E-state index in [2.05, 4.69) is 27.8 Å². The van der Waals surface area contributed by atoms with Crippen LogP contribution < -0.4 is 0 Å². The third-order valence-electron chi connectivity index (χ3n) is 8.21. The molecule has 6 rings (SSSR count). The molecule has 3 aliphatic rings. The van der Waals surface area contributed by atoms with E-state index in [-0.39, 0.29) is 23.3 Å². The molecule has 0 saturated carbocycles. The number of para-hydroxylation sites is 1. The van der Waals surface area contributed by atoms with Gasteiger partial charge in [-0.1, -0.05) is 30.3 Å². The Labute approximate surface area is 222 Å². The van der Waals surface area contributed by atoms with E-state index in [9.17, 15) is 14.0 Å². The Bertz CT molecular complexity index is 1420. The Balaban J connectivity index is 1.53. The first kappa shape index (κ1) is 24.8. The quantitative estimate of drug-likeness (QED) is 0.350. The number of benzene rings is 2. The molecule has 2 aromatic carbocycles. The zero-order valence-corrected chi connectivity index (χ0v) is 21.8. The minimum absolute atomic E-state index is 0.160. The molecule has 0 bridgehead atoms. The van der Waals surface area contributed by atoms with Gasteiger partial charge in [-0.3, -0.25) is 9.59 Å². The number of halogens is 1. The lowest BCUT2D eigenvalue weighted by atomic mass is 9.71. The fourth-order valence-electron chi connectivity index (χ4n) is 6.59. The van der Waals surface area contributed by atoms with Crippen molar-refractivity contribution in [1.29, 1.82) is 0 Å². The van der Waals surface area contributed by atoms with Gasteiger partial charge in [0.15, 0.2) is 11.6 Å². The second kappa shape index (κ2) is 10.3. The number of hydrogen-bond donors (Lipinski definition) is 0. The first-order chi connectivity index (χ1) is 18.6. The SMILES string of the molecule is COCCCN1C2=C(C(=O)CCC2)C(c2cn(Cc3ccc(F)cc3)c3ccccc23)C2=C1CCCC2=O. The lowest BCUT2D eigenvalue weighted by molar-refractivity contribution is -0.117. The van der Waals surface area contributed by atoms with Gasteiger partial charge in [0, 0.05) is 85.2 Å². The van der Waals surface area contributed by atoms with Crippen molar-refractivity contribution in [3.63, 3.8) is 0 Å². The predicted octanol–water partition coefficient (Wildman–Crippen LogP) is 6.28. The number of carbonyl (C=O) groups excluding carboxylic acids is 2. The molecule has 0 spiro atoms. The van der Waals surface area contributed by atoms with Gasteiger partial charge in [0.2, 0.25) is 0 Å². The van der Waals surface area contributed by atoms with E-state index in [1.165, 1.54) is 12.1 Å². The number of ketones is 2. The Kier molecular flexibility index (Phi) is 6.75. The summed E-state index contributed by atoms with van der Waals surface area (Å²) >= 11 is 0. The van der Waals surface area contributed by atoms with Crippen molar-refractivity contribution in [3.8, 4) is 0 Å². The number of rotatable bonds is 7. The topological polar surface area (TPSA) is 51.5 Å². The van der Waals surface area contributed by atoms with Gasteiger partial charge >= 0.3 is 0 Å². The maximum atomic E-state index is 13.6. The molecule has 0 amide bonds. The summed E-state index contributed by atoms with van der Waals surface area (Å²) < 4.78 is 21.1. The van der Waals surface area contributed by atoms with Crippen molar-refractivity contribution in [1.82, 2.24) is 9.47 Å². The van der Waals surface area contributed by atoms with Gasteiger partial charge in [-0.25, -0.2) is 4.39 Å². The van der Waals surface area contributed by atoms with Crippen LogP contribution in [0.2, 0.25) is 0 Å². The van der Waals surface area contributed by atoms with E-state index in [1.54, 1.807) is 19.2 Å². The van der Waals surface area contributed by atoms with Crippen LogP contribution in [0.5, 0.6) is 0 Å². The molecular formula is C32H33FN2O3. The summed E-state index contributed by atoms with van der Waals surface area (Å²) in [5.41, 5.74) is 6.89. The molecule has 196 valence electrons. The van der Waals surface area contributed by atoms with E-state index in [4.69, 9.17) is 4.74 Å². The Morgan fingerprint density at radius 3 is 2.21 bits per heavy atom. The number of hydrogen-bond acceptors (Lipinski definition) is 4. The van der Waals surface area contributed by atoms with Gasteiger partial charge in [0.25, 0.3) is 0 Å². The van der Waals surface area contributed by atoms with E-state index in [0.29, 0.717) is 26.0 Å². The number of nitrogens with zero attached hydrogens (tertiary/aromatic N) is 2. The number of methoxy groups -OCH3 is 1. The zero-order chi connectivity index (χ0) is 26.2. The summed E-state index contributed by atoms with van der Waals surface area (Å²) in [5, 5.41) is 1.06. The second-order valence-corrected chi connectivity index (χ2v) is 10.6. The van der Waals surface area contributed by atoms with Crippen LogP contribution >= 0.6 is 0 Å². The number of aromatic nitrogens is 1. The summed E-state index contributed by atoms with van der Waals surface area (Å²) in [4.78, 5) is 29.6. The lowest BCUT2D eigenvalue weighted by Crippen LogP contribution is -2.39. The first-order valence-corrected chi connectivity index (χ1v) is 13.7. The average molecular weight is 513 g/mol. The third kappa shape index (κ3) is 4.31. The number of fused-ring (bicyclic) bond motifs is 1. The molecule has 38 heavy (non-hydrogen) atoms. The molecule has 0 N–H and O–H groups in total. The summed E-state index contributed by atoms with van der Waals surface area (Å²) in [6.07, 6.45) is 7.39. The largest absolute Gasteiger partial charge is 0.385 e. The van der Waals surface area contributed by atoms with Crippen LogP contribution in [0.15, 0.2) is 77.3 Å². The summed E-state index contributed by atoms with van der Waals surface area (Å²) in [6, 6.07) is 14.8. The highest BCUT2D eigenvalue weighted by molar-refractivity contribution is 6.07. The second-order valence-electron chi connectivity index (χ2n) is 10.6. The minimum Gasteiger partial charge on any atom is -0.385 e. The molecule has 0 unspecified atom stereocenters. The molecule has 1 aromatic heterocycles. The molecule has 2 aliphatic carbocycles. The van der Waals surface area contributed by atoms with Crippen molar-refractivity contribution in [3.05, 3.63) is 94.2 Å². The average Bonchev–Trinajstić information content (AvgIpc) is 3.28. The van der Waals surface area contributed by atoms with Gasteiger partial charge in [-0.05, 0) is 61.4 Å². The predicted molar refractivity (Wildman–Crippen MR) is 145 cm³/mol. The van der Waals surface area contributed by atoms with Crippen LogP contribution in [0.4, 0.5) is 4.39 Å². The van der Waals surface area contributed by atoms with Crippen molar-refractivity contribution in [2.75, 3.05) is 20.3 Å². The fraction of sp³-hybridized carbons (Fsp3) is 0.375. The number of Topliss-reactive ketones (excluding diaryl/α,β-unsaturated/α-hetero) is 2. The molecule has 0 radical (unpaired) electrons. The van der Waals surface area contributed by atoms with Gasteiger partial charge < -0.3 is 14.2 Å². The van der Waals surface area contributed by atoms with Crippen molar-refractivity contribution >= 4 is 22.5 Å². The van der Waals surface area contributed by atoms with E-state index < -0.39 is 0 Å². The maximum Gasteiger partial charge on any atom is 0.161 e. The molecule has 0 fully saturated rings. The van der Waals surface area contributed by atoms with E-state index in [0.717, 1.165) is 83.2 Å². The van der Waals surface area contributed by atoms with Gasteiger partial charge in [0.1, 0.15) is 5.82 Å². The summed E-state index contributed by atoms with van der Waals surface area (Å²) in [5.74, 6) is -0.283. The lowest BCUT2D eigenvalue weighted by Gasteiger charge is -2.44. The monoisotopic (exact) mass is 512 g/mol. The molecule has 5 nitrogen and oxygen atoms in total. The van der Waals surface area contributed by atoms with Gasteiger partial charge in [-0.2, -0.15) is 0 Å². The molecular weight excluding hydrogens is 479 g/mol. The van der Waals surface area contributed by atoms with Crippen LogP contribution in [0.3, 0.4) is 0 Å². The third-order valence-corrected chi connectivity index (χ3v) is 8.21. The molecule has 0 atom stereocenters. The maximum absolute atomic E-state index is 13.6. The van der Waals surface area contributed by atoms with E-state index >= 15 is 0 Å². The molecule has 2 heterocycles. The molecule has 6 heteroatoms. The van der Waals surface area contributed by atoms with E-state index in [1.807, 2.05) is 12.1 Å². The summed E-state index contributed by atoms with van der Waals surface area (Å²) in [6.45, 7) is 1.98. The molecule has 3 aromatic rings. The van der Waals surface area contributed by atoms with Crippen LogP contribution in [0.25, 0.3) is 10.9 Å². The van der Waals surface area contributed by atoms with Crippen LogP contribution in [0, 0.1) is 5.82 Å². The molecule has 0 saturated heterocycles. The normalized spacial score (nSPS) is 18.4. The number of allylic oxidation sites excluding steroid dienone is 4. The van der Waals surface area contributed by atoms with Crippen molar-refractivity contribution in [2.24, 2.45) is 0 Å². The van der Waals surface area contributed by atoms with Crippen LogP contribution in [-0.4, -0.2) is 41.3 Å².